The average Bonchev–Trinajstić information content (AvgIpc) is 1.77. The van der Waals surface area contributed by atoms with Crippen molar-refractivity contribution in [2.75, 3.05) is 0 Å². The highest BCUT2D eigenvalue weighted by molar-refractivity contribution is 7.71. The van der Waals surface area contributed by atoms with Crippen molar-refractivity contribution >= 4 is 12.2 Å². The molecule has 0 fully saturated rings. The molecule has 0 bridgehead atoms. The van der Waals surface area contributed by atoms with Crippen molar-refractivity contribution in [2.45, 2.75) is 0 Å². The quantitative estimate of drug-likeness (QED) is 0.478. The third-order valence-corrected chi connectivity index (χ3v) is 1.22. The third kappa shape index (κ3) is 1.17. The van der Waals surface area contributed by atoms with E-state index in [1.165, 1.54) is 0 Å². The zero-order chi connectivity index (χ0) is 5.98. The Morgan fingerprint density at radius 1 is 1.38 bits per heavy atom. The normalized spacial score (nSPS) is 9.12. The van der Waals surface area contributed by atoms with Gasteiger partial charge in [-0.3, -0.25) is 0 Å². The van der Waals surface area contributed by atoms with Gasteiger partial charge in [0.2, 0.25) is 0 Å². The fourth-order valence-corrected chi connectivity index (χ4v) is 0.609. The summed E-state index contributed by atoms with van der Waals surface area (Å²) in [6.45, 7) is 0. The maximum absolute atomic E-state index is 4.86. The van der Waals surface area contributed by atoms with Crippen LogP contribution in [-0.4, -0.2) is 4.57 Å². The first kappa shape index (κ1) is 5.51. The van der Waals surface area contributed by atoms with Gasteiger partial charge in [-0.15, -0.1) is 0 Å². The monoisotopic (exact) mass is 125 g/mol. The first-order chi connectivity index (χ1) is 3.79. The smallest absolute Gasteiger partial charge is 0.0406 e. The molecule has 0 atom stereocenters. The molecule has 0 amide bonds. The van der Waals surface area contributed by atoms with Crippen LogP contribution in [-0.2, 0) is 7.05 Å². The van der Waals surface area contributed by atoms with Crippen molar-refractivity contribution in [2.24, 2.45) is 7.05 Å². The third-order valence-electron chi connectivity index (χ3n) is 0.948. The van der Waals surface area contributed by atoms with Gasteiger partial charge in [-0.2, -0.15) is 0 Å². The van der Waals surface area contributed by atoms with Gasteiger partial charge >= 0.3 is 0 Å². The summed E-state index contributed by atoms with van der Waals surface area (Å²) in [5.41, 5.74) is 0. The van der Waals surface area contributed by atoms with Crippen molar-refractivity contribution in [3.8, 4) is 0 Å². The Morgan fingerprint density at radius 2 is 1.88 bits per heavy atom. The molecule has 0 spiro atoms. The highest BCUT2D eigenvalue weighted by Crippen LogP contribution is 1.87. The number of hydrogen-bond acceptors (Lipinski definition) is 1. The van der Waals surface area contributed by atoms with Gasteiger partial charge < -0.3 is 4.57 Å². The Bertz CT molecular complexity index is 206. The van der Waals surface area contributed by atoms with Gasteiger partial charge in [0, 0.05) is 24.0 Å². The molecule has 0 N–H and O–H groups in total. The van der Waals surface area contributed by atoms with Gasteiger partial charge in [-0.25, -0.2) is 0 Å². The molecule has 0 unspecified atom stereocenters. The van der Waals surface area contributed by atoms with Gasteiger partial charge in [-0.05, 0) is 12.1 Å². The summed E-state index contributed by atoms with van der Waals surface area (Å²) in [4.78, 5) is 0. The summed E-state index contributed by atoms with van der Waals surface area (Å²) < 4.78 is 2.85. The highest BCUT2D eigenvalue weighted by atomic mass is 32.1. The summed E-state index contributed by atoms with van der Waals surface area (Å²) in [5, 5.41) is 0. The van der Waals surface area contributed by atoms with Crippen molar-refractivity contribution in [1.82, 2.24) is 4.57 Å². The maximum atomic E-state index is 4.86. The van der Waals surface area contributed by atoms with Crippen molar-refractivity contribution in [3.63, 3.8) is 0 Å². The number of aryl methyl sites for hydroxylation is 1. The molecule has 1 aromatic rings. The van der Waals surface area contributed by atoms with Crippen LogP contribution in [0.4, 0.5) is 0 Å². The average molecular weight is 125 g/mol. The summed E-state index contributed by atoms with van der Waals surface area (Å²) in [5.74, 6) is 0. The van der Waals surface area contributed by atoms with E-state index in [0.717, 1.165) is 4.51 Å². The van der Waals surface area contributed by atoms with Gasteiger partial charge in [0.1, 0.15) is 0 Å². The Hall–Kier alpha value is -0.630. The molecule has 2 heteroatoms. The van der Waals surface area contributed by atoms with E-state index in [0.29, 0.717) is 0 Å². The molecule has 0 saturated heterocycles. The predicted molar refractivity (Wildman–Crippen MR) is 36.2 cm³/mol. The fraction of sp³-hybridized carbons (Fsp3) is 0.167. The van der Waals surface area contributed by atoms with E-state index in [4.69, 9.17) is 12.2 Å². The van der Waals surface area contributed by atoms with Crippen LogP contribution in [0.2, 0.25) is 0 Å². The molecule has 1 heterocycles. The minimum Gasteiger partial charge on any atom is -0.357 e. The standard InChI is InChI=1S/C6H7NS/c1-7-4-2-6(8)3-5-7/h2-5H,1H3. The Morgan fingerprint density at radius 3 is 2.25 bits per heavy atom. The molecule has 8 heavy (non-hydrogen) atoms. The van der Waals surface area contributed by atoms with E-state index in [-0.39, 0.29) is 0 Å². The zero-order valence-corrected chi connectivity index (χ0v) is 5.48. The first-order valence-corrected chi connectivity index (χ1v) is 2.82. The van der Waals surface area contributed by atoms with Crippen LogP contribution in [0, 0.1) is 4.51 Å². The molecule has 1 rings (SSSR count). The fourth-order valence-electron chi connectivity index (χ4n) is 0.487. The Balaban J connectivity index is 3.22. The molecular weight excluding hydrogens is 118 g/mol. The van der Waals surface area contributed by atoms with Crippen LogP contribution in [0.3, 0.4) is 0 Å². The number of rotatable bonds is 0. The van der Waals surface area contributed by atoms with E-state index in [2.05, 4.69) is 0 Å². The van der Waals surface area contributed by atoms with E-state index >= 15 is 0 Å². The topological polar surface area (TPSA) is 4.93 Å². The van der Waals surface area contributed by atoms with Crippen LogP contribution in [0.25, 0.3) is 0 Å². The van der Waals surface area contributed by atoms with Crippen molar-refractivity contribution in [1.29, 1.82) is 0 Å². The summed E-state index contributed by atoms with van der Waals surface area (Å²) in [6.07, 6.45) is 3.87. The van der Waals surface area contributed by atoms with E-state index in [1.807, 2.05) is 36.1 Å². The maximum Gasteiger partial charge on any atom is 0.0406 e. The second-order valence-electron chi connectivity index (χ2n) is 1.70. The summed E-state index contributed by atoms with van der Waals surface area (Å²) >= 11 is 4.86. The largest absolute Gasteiger partial charge is 0.357 e. The molecule has 0 saturated carbocycles. The van der Waals surface area contributed by atoms with Crippen molar-refractivity contribution in [3.05, 3.63) is 29.0 Å². The molecule has 1 nitrogen and oxygen atoms in total. The number of nitrogens with zero attached hydrogens (tertiary/aromatic N) is 1. The first-order valence-electron chi connectivity index (χ1n) is 2.41. The van der Waals surface area contributed by atoms with Gasteiger partial charge in [0.15, 0.2) is 0 Å². The Labute approximate surface area is 53.6 Å². The van der Waals surface area contributed by atoms with Crippen LogP contribution < -0.4 is 0 Å². The highest BCUT2D eigenvalue weighted by Gasteiger charge is 1.73. The summed E-state index contributed by atoms with van der Waals surface area (Å²) in [7, 11) is 1.97. The SMILES string of the molecule is Cn1ccc(=S)cc1. The minimum atomic E-state index is 0.892. The molecule has 0 aromatic carbocycles. The molecule has 0 aliphatic heterocycles. The number of pyridine rings is 1. The number of hydrogen-bond donors (Lipinski definition) is 0. The van der Waals surface area contributed by atoms with E-state index in [9.17, 15) is 0 Å². The number of aromatic nitrogens is 1. The molecule has 0 radical (unpaired) electrons. The lowest BCUT2D eigenvalue weighted by Crippen LogP contribution is -1.84. The van der Waals surface area contributed by atoms with Gasteiger partial charge in [0.25, 0.3) is 0 Å². The lowest BCUT2D eigenvalue weighted by atomic mass is 10.5. The molecule has 42 valence electrons. The zero-order valence-electron chi connectivity index (χ0n) is 4.66. The van der Waals surface area contributed by atoms with Crippen LogP contribution in [0.15, 0.2) is 24.5 Å². The van der Waals surface area contributed by atoms with E-state index in [1.54, 1.807) is 0 Å². The second kappa shape index (κ2) is 2.09. The molecule has 0 aliphatic rings. The van der Waals surface area contributed by atoms with E-state index < -0.39 is 0 Å². The molecule has 0 aliphatic carbocycles. The Kier molecular flexibility index (Phi) is 1.44. The lowest BCUT2D eigenvalue weighted by molar-refractivity contribution is 0.903. The molecule has 1 aromatic heterocycles. The van der Waals surface area contributed by atoms with Gasteiger partial charge in [-0.1, -0.05) is 12.2 Å². The van der Waals surface area contributed by atoms with Crippen LogP contribution >= 0.6 is 12.2 Å². The predicted octanol–water partition coefficient (Wildman–Crippen LogP) is 1.75. The summed E-state index contributed by atoms with van der Waals surface area (Å²) in [6, 6.07) is 3.80. The van der Waals surface area contributed by atoms with Crippen LogP contribution in [0.1, 0.15) is 0 Å². The van der Waals surface area contributed by atoms with Gasteiger partial charge in [0.05, 0.1) is 0 Å². The lowest BCUT2D eigenvalue weighted by Gasteiger charge is -1.91. The minimum absolute atomic E-state index is 0.892. The molecular formula is C6H7NS. The van der Waals surface area contributed by atoms with Crippen molar-refractivity contribution < 1.29 is 0 Å². The second-order valence-corrected chi connectivity index (χ2v) is 2.17. The van der Waals surface area contributed by atoms with Crippen LogP contribution in [0.5, 0.6) is 0 Å².